The standard InChI is InChI=1S/C12H15N3/c1-2-5-14-6-7-15-11(9-14)8-12(13-15)10-3-4-10/h1,8,10H,3-7,9H2. The van der Waals surface area contributed by atoms with Gasteiger partial charge in [0.2, 0.25) is 0 Å². The summed E-state index contributed by atoms with van der Waals surface area (Å²) < 4.78 is 2.15. The number of fused-ring (bicyclic) bond motifs is 1. The third kappa shape index (κ3) is 1.66. The molecule has 2 aliphatic rings. The van der Waals surface area contributed by atoms with Gasteiger partial charge in [-0.05, 0) is 18.9 Å². The van der Waals surface area contributed by atoms with Crippen LogP contribution < -0.4 is 0 Å². The molecule has 78 valence electrons. The molecule has 1 saturated carbocycles. The minimum absolute atomic E-state index is 0.754. The molecule has 3 rings (SSSR count). The van der Waals surface area contributed by atoms with E-state index in [9.17, 15) is 0 Å². The maximum absolute atomic E-state index is 5.33. The Hall–Kier alpha value is -1.27. The first-order valence-corrected chi connectivity index (χ1v) is 5.59. The molecule has 0 saturated heterocycles. The van der Waals surface area contributed by atoms with Crippen molar-refractivity contribution < 1.29 is 0 Å². The lowest BCUT2D eigenvalue weighted by Gasteiger charge is -2.25. The van der Waals surface area contributed by atoms with Gasteiger partial charge in [-0.2, -0.15) is 5.10 Å². The van der Waals surface area contributed by atoms with E-state index in [1.54, 1.807) is 0 Å². The van der Waals surface area contributed by atoms with Crippen molar-refractivity contribution in [1.82, 2.24) is 14.7 Å². The van der Waals surface area contributed by atoms with Crippen molar-refractivity contribution in [3.8, 4) is 12.3 Å². The van der Waals surface area contributed by atoms with Gasteiger partial charge >= 0.3 is 0 Å². The second-order valence-corrected chi connectivity index (χ2v) is 4.47. The molecular weight excluding hydrogens is 186 g/mol. The molecule has 0 spiro atoms. The highest BCUT2D eigenvalue weighted by molar-refractivity contribution is 5.19. The van der Waals surface area contributed by atoms with Crippen LogP contribution in [0.3, 0.4) is 0 Å². The minimum Gasteiger partial charge on any atom is -0.285 e. The van der Waals surface area contributed by atoms with E-state index < -0.39 is 0 Å². The van der Waals surface area contributed by atoms with Crippen LogP contribution in [0.2, 0.25) is 0 Å². The maximum atomic E-state index is 5.33. The van der Waals surface area contributed by atoms with Crippen LogP contribution in [0.5, 0.6) is 0 Å². The summed E-state index contributed by atoms with van der Waals surface area (Å²) in [7, 11) is 0. The molecule has 0 bridgehead atoms. The molecule has 1 aromatic rings. The van der Waals surface area contributed by atoms with E-state index in [1.165, 1.54) is 24.2 Å². The number of nitrogens with zero attached hydrogens (tertiary/aromatic N) is 3. The van der Waals surface area contributed by atoms with E-state index in [4.69, 9.17) is 6.42 Å². The van der Waals surface area contributed by atoms with Gasteiger partial charge in [0.25, 0.3) is 0 Å². The maximum Gasteiger partial charge on any atom is 0.0658 e. The molecule has 1 fully saturated rings. The molecule has 3 nitrogen and oxygen atoms in total. The predicted octanol–water partition coefficient (Wildman–Crippen LogP) is 1.21. The first kappa shape index (κ1) is 8.99. The molecule has 0 N–H and O–H groups in total. The minimum atomic E-state index is 0.754. The lowest BCUT2D eigenvalue weighted by Crippen LogP contribution is -2.33. The van der Waals surface area contributed by atoms with Gasteiger partial charge in [0.05, 0.1) is 24.5 Å². The molecule has 0 aromatic carbocycles. The molecule has 15 heavy (non-hydrogen) atoms. The molecular formula is C12H15N3. The average Bonchev–Trinajstić information content (AvgIpc) is 2.99. The summed E-state index contributed by atoms with van der Waals surface area (Å²) in [6.07, 6.45) is 7.98. The zero-order chi connectivity index (χ0) is 10.3. The van der Waals surface area contributed by atoms with Crippen molar-refractivity contribution >= 4 is 0 Å². The summed E-state index contributed by atoms with van der Waals surface area (Å²) in [5.74, 6) is 3.46. The van der Waals surface area contributed by atoms with E-state index in [-0.39, 0.29) is 0 Å². The Kier molecular flexibility index (Phi) is 2.03. The lowest BCUT2D eigenvalue weighted by atomic mass is 10.2. The summed E-state index contributed by atoms with van der Waals surface area (Å²) >= 11 is 0. The quantitative estimate of drug-likeness (QED) is 0.671. The fourth-order valence-corrected chi connectivity index (χ4v) is 2.19. The van der Waals surface area contributed by atoms with Crippen molar-refractivity contribution in [3.05, 3.63) is 17.5 Å². The zero-order valence-electron chi connectivity index (χ0n) is 8.82. The Bertz CT molecular complexity index is 409. The fourth-order valence-electron chi connectivity index (χ4n) is 2.19. The Balaban J connectivity index is 1.80. The first-order chi connectivity index (χ1) is 7.36. The van der Waals surface area contributed by atoms with E-state index in [1.807, 2.05) is 0 Å². The van der Waals surface area contributed by atoms with Crippen LogP contribution in [-0.2, 0) is 13.1 Å². The molecule has 2 heterocycles. The van der Waals surface area contributed by atoms with Crippen LogP contribution in [0.15, 0.2) is 6.07 Å². The van der Waals surface area contributed by atoms with Crippen molar-refractivity contribution in [2.45, 2.75) is 31.8 Å². The smallest absolute Gasteiger partial charge is 0.0658 e. The summed E-state index contributed by atoms with van der Waals surface area (Å²) in [6, 6.07) is 2.26. The van der Waals surface area contributed by atoms with Gasteiger partial charge < -0.3 is 0 Å². The normalized spacial score (nSPS) is 21.0. The second-order valence-electron chi connectivity index (χ2n) is 4.47. The van der Waals surface area contributed by atoms with Gasteiger partial charge in [0.1, 0.15) is 0 Å². The van der Waals surface area contributed by atoms with Gasteiger partial charge in [0.15, 0.2) is 0 Å². The Morgan fingerprint density at radius 2 is 2.33 bits per heavy atom. The highest BCUT2D eigenvalue weighted by atomic mass is 15.3. The van der Waals surface area contributed by atoms with Crippen LogP contribution in [-0.4, -0.2) is 27.8 Å². The van der Waals surface area contributed by atoms with Crippen molar-refractivity contribution in [2.75, 3.05) is 13.1 Å². The number of aromatic nitrogens is 2. The van der Waals surface area contributed by atoms with Crippen LogP contribution in [0.1, 0.15) is 30.1 Å². The summed E-state index contributed by atoms with van der Waals surface area (Å²) in [4.78, 5) is 2.30. The molecule has 0 amide bonds. The van der Waals surface area contributed by atoms with Crippen molar-refractivity contribution in [2.24, 2.45) is 0 Å². The molecule has 1 aliphatic carbocycles. The van der Waals surface area contributed by atoms with Crippen LogP contribution in [0.25, 0.3) is 0 Å². The van der Waals surface area contributed by atoms with E-state index in [2.05, 4.69) is 26.7 Å². The SMILES string of the molecule is C#CCN1CCn2nc(C3CC3)cc2C1. The Morgan fingerprint density at radius 3 is 3.07 bits per heavy atom. The Labute approximate surface area is 90.1 Å². The lowest BCUT2D eigenvalue weighted by molar-refractivity contribution is 0.238. The highest BCUT2D eigenvalue weighted by Crippen LogP contribution is 2.39. The number of terminal acetylenes is 1. The predicted molar refractivity (Wildman–Crippen MR) is 58.3 cm³/mol. The van der Waals surface area contributed by atoms with E-state index in [0.29, 0.717) is 0 Å². The number of hydrogen-bond donors (Lipinski definition) is 0. The molecule has 1 aromatic heterocycles. The molecule has 0 radical (unpaired) electrons. The van der Waals surface area contributed by atoms with Crippen LogP contribution in [0.4, 0.5) is 0 Å². The first-order valence-electron chi connectivity index (χ1n) is 5.59. The van der Waals surface area contributed by atoms with Gasteiger partial charge in [-0.25, -0.2) is 0 Å². The van der Waals surface area contributed by atoms with Crippen molar-refractivity contribution in [3.63, 3.8) is 0 Å². The zero-order valence-corrected chi connectivity index (χ0v) is 8.82. The topological polar surface area (TPSA) is 21.1 Å². The fraction of sp³-hybridized carbons (Fsp3) is 0.583. The monoisotopic (exact) mass is 201 g/mol. The third-order valence-corrected chi connectivity index (χ3v) is 3.21. The van der Waals surface area contributed by atoms with Crippen LogP contribution >= 0.6 is 0 Å². The summed E-state index contributed by atoms with van der Waals surface area (Å²) in [6.45, 7) is 3.74. The largest absolute Gasteiger partial charge is 0.285 e. The van der Waals surface area contributed by atoms with Crippen LogP contribution in [0, 0.1) is 12.3 Å². The summed E-state index contributed by atoms with van der Waals surface area (Å²) in [5.41, 5.74) is 2.63. The number of rotatable bonds is 2. The second kappa shape index (κ2) is 3.39. The Morgan fingerprint density at radius 1 is 1.47 bits per heavy atom. The van der Waals surface area contributed by atoms with E-state index >= 15 is 0 Å². The van der Waals surface area contributed by atoms with Crippen molar-refractivity contribution in [1.29, 1.82) is 0 Å². The van der Waals surface area contributed by atoms with E-state index in [0.717, 1.165) is 32.1 Å². The highest BCUT2D eigenvalue weighted by Gasteiger charge is 2.28. The van der Waals surface area contributed by atoms with Gasteiger partial charge in [-0.3, -0.25) is 9.58 Å². The van der Waals surface area contributed by atoms with Gasteiger partial charge in [0, 0.05) is 19.0 Å². The molecule has 0 atom stereocenters. The molecule has 1 aliphatic heterocycles. The van der Waals surface area contributed by atoms with Gasteiger partial charge in [-0.1, -0.05) is 5.92 Å². The molecule has 0 unspecified atom stereocenters. The molecule has 3 heteroatoms. The van der Waals surface area contributed by atoms with Gasteiger partial charge in [-0.15, -0.1) is 6.42 Å². The number of hydrogen-bond acceptors (Lipinski definition) is 2. The average molecular weight is 201 g/mol. The third-order valence-electron chi connectivity index (χ3n) is 3.21. The summed E-state index contributed by atoms with van der Waals surface area (Å²) in [5, 5.41) is 4.65.